The minimum absolute atomic E-state index is 0.397. The fourth-order valence-corrected chi connectivity index (χ4v) is 3.33. The van der Waals surface area contributed by atoms with Gasteiger partial charge in [0.05, 0.1) is 6.10 Å². The number of benzene rings is 1. The molecule has 0 amide bonds. The fourth-order valence-electron chi connectivity index (χ4n) is 3.33. The van der Waals surface area contributed by atoms with Crippen LogP contribution in [0.2, 0.25) is 0 Å². The van der Waals surface area contributed by atoms with Crippen molar-refractivity contribution in [1.82, 2.24) is 5.32 Å². The quantitative estimate of drug-likeness (QED) is 0.893. The smallest absolute Gasteiger partial charge is 0.0726 e. The molecule has 0 bridgehead atoms. The molecule has 0 aliphatic carbocycles. The normalized spacial score (nSPS) is 24.2. The summed E-state index contributed by atoms with van der Waals surface area (Å²) in [4.78, 5) is 2.52. The van der Waals surface area contributed by atoms with Crippen molar-refractivity contribution >= 4 is 5.69 Å². The van der Waals surface area contributed by atoms with E-state index in [1.807, 2.05) is 0 Å². The Balaban J connectivity index is 1.61. The Hall–Kier alpha value is -1.06. The van der Waals surface area contributed by atoms with Gasteiger partial charge in [-0.15, -0.1) is 0 Å². The molecule has 2 heterocycles. The average molecular weight is 274 g/mol. The molecule has 3 nitrogen and oxygen atoms in total. The van der Waals surface area contributed by atoms with Crippen molar-refractivity contribution in [3.8, 4) is 0 Å². The third-order valence-corrected chi connectivity index (χ3v) is 4.58. The van der Waals surface area contributed by atoms with E-state index in [2.05, 4.69) is 41.4 Å². The van der Waals surface area contributed by atoms with E-state index >= 15 is 0 Å². The van der Waals surface area contributed by atoms with Crippen LogP contribution >= 0.6 is 0 Å². The summed E-state index contributed by atoms with van der Waals surface area (Å²) in [6.07, 6.45) is 5.46. The van der Waals surface area contributed by atoms with Gasteiger partial charge in [-0.25, -0.2) is 0 Å². The minimum Gasteiger partial charge on any atom is -0.377 e. The van der Waals surface area contributed by atoms with E-state index in [0.29, 0.717) is 12.1 Å². The molecule has 2 aliphatic heterocycles. The van der Waals surface area contributed by atoms with Crippen LogP contribution in [-0.2, 0) is 11.3 Å². The van der Waals surface area contributed by atoms with Crippen LogP contribution < -0.4 is 10.2 Å². The highest BCUT2D eigenvalue weighted by atomic mass is 16.5. The van der Waals surface area contributed by atoms with Crippen LogP contribution in [0, 0.1) is 0 Å². The van der Waals surface area contributed by atoms with Crippen LogP contribution in [0.4, 0.5) is 5.69 Å². The Morgan fingerprint density at radius 3 is 2.80 bits per heavy atom. The molecule has 2 fully saturated rings. The molecule has 0 spiro atoms. The van der Waals surface area contributed by atoms with Crippen LogP contribution in [0.5, 0.6) is 0 Å². The Labute approximate surface area is 122 Å². The lowest BCUT2D eigenvalue weighted by molar-refractivity contribution is 0.0832. The molecular weight excluding hydrogens is 248 g/mol. The van der Waals surface area contributed by atoms with Gasteiger partial charge in [-0.1, -0.05) is 18.2 Å². The lowest BCUT2D eigenvalue weighted by atomic mass is 10.1. The van der Waals surface area contributed by atoms with Crippen molar-refractivity contribution in [1.29, 1.82) is 0 Å². The van der Waals surface area contributed by atoms with Crippen LogP contribution in [0.1, 0.15) is 38.2 Å². The molecule has 3 rings (SSSR count). The van der Waals surface area contributed by atoms with E-state index < -0.39 is 0 Å². The second-order valence-electron chi connectivity index (χ2n) is 6.04. The second-order valence-corrected chi connectivity index (χ2v) is 6.04. The summed E-state index contributed by atoms with van der Waals surface area (Å²) in [5.74, 6) is 0. The summed E-state index contributed by atoms with van der Waals surface area (Å²) < 4.78 is 5.76. The topological polar surface area (TPSA) is 24.5 Å². The molecule has 2 atom stereocenters. The van der Waals surface area contributed by atoms with E-state index in [1.54, 1.807) is 0 Å². The molecule has 20 heavy (non-hydrogen) atoms. The highest BCUT2D eigenvalue weighted by Gasteiger charge is 2.22. The maximum absolute atomic E-state index is 5.76. The van der Waals surface area contributed by atoms with Crippen molar-refractivity contribution in [3.05, 3.63) is 29.8 Å². The van der Waals surface area contributed by atoms with Crippen molar-refractivity contribution in [2.45, 2.75) is 51.3 Å². The van der Waals surface area contributed by atoms with Crippen LogP contribution in [0.3, 0.4) is 0 Å². The largest absolute Gasteiger partial charge is 0.377 e. The van der Waals surface area contributed by atoms with Crippen molar-refractivity contribution in [2.75, 3.05) is 24.6 Å². The first-order valence-corrected chi connectivity index (χ1v) is 8.02. The monoisotopic (exact) mass is 274 g/mol. The highest BCUT2D eigenvalue weighted by molar-refractivity contribution is 5.54. The Kier molecular flexibility index (Phi) is 4.58. The van der Waals surface area contributed by atoms with Crippen molar-refractivity contribution < 1.29 is 4.74 Å². The van der Waals surface area contributed by atoms with Gasteiger partial charge in [0.15, 0.2) is 0 Å². The number of para-hydroxylation sites is 1. The predicted octanol–water partition coefficient (Wildman–Crippen LogP) is 2.94. The number of nitrogens with one attached hydrogen (secondary N) is 1. The molecule has 1 N–H and O–H groups in total. The van der Waals surface area contributed by atoms with Gasteiger partial charge in [0.25, 0.3) is 0 Å². The van der Waals surface area contributed by atoms with Gasteiger partial charge in [0.1, 0.15) is 0 Å². The van der Waals surface area contributed by atoms with Crippen LogP contribution in [0.15, 0.2) is 24.3 Å². The SMILES string of the molecule is CC(NCc1ccccc1N1CCCC1)C1CCCO1. The molecule has 2 aliphatic rings. The van der Waals surface area contributed by atoms with E-state index in [9.17, 15) is 0 Å². The first-order valence-electron chi connectivity index (χ1n) is 8.02. The van der Waals surface area contributed by atoms with Gasteiger partial charge < -0.3 is 15.0 Å². The van der Waals surface area contributed by atoms with Gasteiger partial charge in [-0.05, 0) is 44.2 Å². The average Bonchev–Trinajstić information content (AvgIpc) is 3.17. The van der Waals surface area contributed by atoms with Gasteiger partial charge in [-0.3, -0.25) is 0 Å². The number of anilines is 1. The third-order valence-electron chi connectivity index (χ3n) is 4.58. The first kappa shape index (κ1) is 13.9. The zero-order valence-electron chi connectivity index (χ0n) is 12.5. The minimum atomic E-state index is 0.397. The molecule has 0 saturated carbocycles. The molecular formula is C17H26N2O. The van der Waals surface area contributed by atoms with Gasteiger partial charge in [-0.2, -0.15) is 0 Å². The zero-order valence-corrected chi connectivity index (χ0v) is 12.5. The maximum Gasteiger partial charge on any atom is 0.0726 e. The van der Waals surface area contributed by atoms with E-state index in [1.165, 1.54) is 50.0 Å². The van der Waals surface area contributed by atoms with Crippen molar-refractivity contribution in [2.24, 2.45) is 0 Å². The lowest BCUT2D eigenvalue weighted by Gasteiger charge is -2.24. The standard InChI is InChI=1S/C17H26N2O/c1-14(17-9-6-12-20-17)18-13-15-7-2-3-8-16(15)19-10-4-5-11-19/h2-3,7-8,14,17-18H,4-6,9-13H2,1H3. The maximum atomic E-state index is 5.76. The summed E-state index contributed by atoms with van der Waals surface area (Å²) in [6, 6.07) is 9.25. The number of nitrogens with zero attached hydrogens (tertiary/aromatic N) is 1. The summed E-state index contributed by atoms with van der Waals surface area (Å²) >= 11 is 0. The molecule has 2 saturated heterocycles. The molecule has 1 aromatic carbocycles. The predicted molar refractivity (Wildman–Crippen MR) is 83.2 cm³/mol. The van der Waals surface area contributed by atoms with Gasteiger partial charge in [0.2, 0.25) is 0 Å². The highest BCUT2D eigenvalue weighted by Crippen LogP contribution is 2.25. The van der Waals surface area contributed by atoms with Crippen molar-refractivity contribution in [3.63, 3.8) is 0 Å². The number of hydrogen-bond donors (Lipinski definition) is 1. The van der Waals surface area contributed by atoms with Gasteiger partial charge >= 0.3 is 0 Å². The summed E-state index contributed by atoms with van der Waals surface area (Å²) in [5, 5.41) is 3.65. The zero-order chi connectivity index (χ0) is 13.8. The second kappa shape index (κ2) is 6.59. The molecule has 1 aromatic rings. The van der Waals surface area contributed by atoms with E-state index in [4.69, 9.17) is 4.74 Å². The van der Waals surface area contributed by atoms with Crippen LogP contribution in [0.25, 0.3) is 0 Å². The molecule has 0 aromatic heterocycles. The fraction of sp³-hybridized carbons (Fsp3) is 0.647. The summed E-state index contributed by atoms with van der Waals surface area (Å²) in [7, 11) is 0. The molecule has 110 valence electrons. The number of hydrogen-bond acceptors (Lipinski definition) is 3. The lowest BCUT2D eigenvalue weighted by Crippen LogP contribution is -2.36. The summed E-state index contributed by atoms with van der Waals surface area (Å²) in [6.45, 7) is 6.53. The van der Waals surface area contributed by atoms with E-state index in [0.717, 1.165) is 13.2 Å². The molecule has 2 unspecified atom stereocenters. The van der Waals surface area contributed by atoms with Crippen LogP contribution in [-0.4, -0.2) is 31.8 Å². The Bertz CT molecular complexity index is 423. The number of ether oxygens (including phenoxy) is 1. The molecule has 0 radical (unpaired) electrons. The van der Waals surface area contributed by atoms with Gasteiger partial charge in [0, 0.05) is 38.0 Å². The third kappa shape index (κ3) is 3.15. The van der Waals surface area contributed by atoms with E-state index in [-0.39, 0.29) is 0 Å². The molecule has 3 heteroatoms. The first-order chi connectivity index (χ1) is 9.84. The number of rotatable bonds is 5. The summed E-state index contributed by atoms with van der Waals surface area (Å²) in [5.41, 5.74) is 2.83. The Morgan fingerprint density at radius 1 is 1.25 bits per heavy atom. The Morgan fingerprint density at radius 2 is 2.05 bits per heavy atom.